The van der Waals surface area contributed by atoms with Crippen LogP contribution in [0, 0.1) is 11.3 Å². The molecule has 2 N–H and O–H groups in total. The van der Waals surface area contributed by atoms with Gasteiger partial charge in [0.25, 0.3) is 0 Å². The fourth-order valence-electron chi connectivity index (χ4n) is 2.71. The molecule has 0 unspecified atom stereocenters. The van der Waals surface area contributed by atoms with Gasteiger partial charge < -0.3 is 19.9 Å². The maximum atomic E-state index is 9.50. The fourth-order valence-corrected chi connectivity index (χ4v) is 2.71. The number of hydrogen-bond acceptors (Lipinski definition) is 7. The van der Waals surface area contributed by atoms with Gasteiger partial charge in [0.05, 0.1) is 12.8 Å². The number of rotatable bonds is 3. The second kappa shape index (κ2) is 6.26. The molecular weight excluding hydrogens is 332 g/mol. The number of hydrogen-bond donors (Lipinski definition) is 1. The van der Waals surface area contributed by atoms with Crippen molar-refractivity contribution in [1.82, 2.24) is 9.97 Å². The second-order valence-electron chi connectivity index (χ2n) is 5.56. The zero-order valence-corrected chi connectivity index (χ0v) is 13.9. The summed E-state index contributed by atoms with van der Waals surface area (Å²) in [4.78, 5) is 8.85. The smallest absolute Gasteiger partial charge is 0.231 e. The molecule has 0 aliphatic carbocycles. The Morgan fingerprint density at radius 3 is 2.50 bits per heavy atom. The summed E-state index contributed by atoms with van der Waals surface area (Å²) in [5.41, 5.74) is 8.16. The van der Waals surface area contributed by atoms with Crippen LogP contribution in [0.15, 0.2) is 42.5 Å². The number of methoxy groups -OCH3 is 1. The summed E-state index contributed by atoms with van der Waals surface area (Å²) in [5.74, 6) is 2.54. The number of ether oxygens (including phenoxy) is 3. The van der Waals surface area contributed by atoms with Crippen molar-refractivity contribution in [2.24, 2.45) is 0 Å². The normalized spacial score (nSPS) is 11.8. The lowest BCUT2D eigenvalue weighted by Crippen LogP contribution is -2.03. The highest BCUT2D eigenvalue weighted by Gasteiger charge is 2.19. The van der Waals surface area contributed by atoms with Crippen molar-refractivity contribution in [1.29, 1.82) is 5.26 Å². The first kappa shape index (κ1) is 15.7. The molecule has 128 valence electrons. The lowest BCUT2D eigenvalue weighted by molar-refractivity contribution is 0.174. The monoisotopic (exact) mass is 346 g/mol. The molecule has 0 bridgehead atoms. The van der Waals surface area contributed by atoms with E-state index in [0.717, 1.165) is 11.3 Å². The summed E-state index contributed by atoms with van der Waals surface area (Å²) in [7, 11) is 1.60. The molecule has 1 aliphatic rings. The van der Waals surface area contributed by atoms with Gasteiger partial charge in [0.15, 0.2) is 17.3 Å². The number of fused-ring (bicyclic) bond motifs is 1. The molecule has 0 saturated heterocycles. The van der Waals surface area contributed by atoms with E-state index in [-0.39, 0.29) is 18.2 Å². The van der Waals surface area contributed by atoms with E-state index in [2.05, 4.69) is 16.0 Å². The van der Waals surface area contributed by atoms with E-state index in [1.54, 1.807) is 19.2 Å². The lowest BCUT2D eigenvalue weighted by atomic mass is 10.1. The summed E-state index contributed by atoms with van der Waals surface area (Å²) in [5, 5.41) is 9.50. The maximum Gasteiger partial charge on any atom is 0.231 e. The lowest BCUT2D eigenvalue weighted by Gasteiger charge is -2.10. The summed E-state index contributed by atoms with van der Waals surface area (Å²) < 4.78 is 15.9. The topological polar surface area (TPSA) is 103 Å². The van der Waals surface area contributed by atoms with Gasteiger partial charge in [-0.25, -0.2) is 9.97 Å². The van der Waals surface area contributed by atoms with Crippen LogP contribution >= 0.6 is 0 Å². The summed E-state index contributed by atoms with van der Waals surface area (Å²) in [6, 6.07) is 14.8. The van der Waals surface area contributed by atoms with Crippen molar-refractivity contribution in [3.05, 3.63) is 48.0 Å². The van der Waals surface area contributed by atoms with E-state index in [1.807, 2.05) is 30.3 Å². The molecule has 0 spiro atoms. The van der Waals surface area contributed by atoms with Gasteiger partial charge in [-0.1, -0.05) is 0 Å². The van der Waals surface area contributed by atoms with Gasteiger partial charge >= 0.3 is 0 Å². The Hall–Kier alpha value is -3.79. The van der Waals surface area contributed by atoms with Crippen LogP contribution in [0.25, 0.3) is 22.6 Å². The van der Waals surface area contributed by atoms with Crippen molar-refractivity contribution in [2.75, 3.05) is 19.6 Å². The standard InChI is InChI=1S/C19H14N4O3/c1-24-13-5-2-11(3-6-13)19-22-17(14(9-20)18(21)23-19)12-4-7-15-16(8-12)26-10-25-15/h2-8H,10H2,1H3,(H2,21,22,23). The van der Waals surface area contributed by atoms with Crippen LogP contribution in [0.2, 0.25) is 0 Å². The van der Waals surface area contributed by atoms with Gasteiger partial charge in [-0.3, -0.25) is 0 Å². The number of nitrogens with two attached hydrogens (primary N) is 1. The zero-order chi connectivity index (χ0) is 18.1. The minimum atomic E-state index is 0.126. The quantitative estimate of drug-likeness (QED) is 0.777. The number of nitriles is 1. The number of nitrogens with zero attached hydrogens (tertiary/aromatic N) is 3. The second-order valence-corrected chi connectivity index (χ2v) is 5.56. The Morgan fingerprint density at radius 1 is 1.04 bits per heavy atom. The van der Waals surface area contributed by atoms with E-state index in [4.69, 9.17) is 19.9 Å². The van der Waals surface area contributed by atoms with Crippen LogP contribution in [-0.4, -0.2) is 23.9 Å². The maximum absolute atomic E-state index is 9.50. The van der Waals surface area contributed by atoms with E-state index < -0.39 is 0 Å². The Kier molecular flexibility index (Phi) is 3.78. The molecule has 0 saturated carbocycles. The molecule has 0 fully saturated rings. The SMILES string of the molecule is COc1ccc(-c2nc(N)c(C#N)c(-c3ccc4c(c3)OCO4)n2)cc1. The Morgan fingerprint density at radius 2 is 1.77 bits per heavy atom. The van der Waals surface area contributed by atoms with E-state index in [9.17, 15) is 5.26 Å². The molecule has 26 heavy (non-hydrogen) atoms. The molecular formula is C19H14N4O3. The van der Waals surface area contributed by atoms with Gasteiger partial charge in [0.2, 0.25) is 6.79 Å². The molecule has 7 heteroatoms. The molecule has 2 aromatic carbocycles. The minimum Gasteiger partial charge on any atom is -0.497 e. The van der Waals surface area contributed by atoms with Crippen molar-refractivity contribution in [2.45, 2.75) is 0 Å². The summed E-state index contributed by atoms with van der Waals surface area (Å²) in [6.07, 6.45) is 0. The van der Waals surface area contributed by atoms with Gasteiger partial charge in [-0.05, 0) is 42.5 Å². The number of nitrogen functional groups attached to an aromatic ring is 1. The molecule has 0 atom stereocenters. The first-order chi connectivity index (χ1) is 12.7. The molecule has 1 aliphatic heterocycles. The van der Waals surface area contributed by atoms with Crippen LogP contribution in [0.1, 0.15) is 5.56 Å². The average Bonchev–Trinajstić information content (AvgIpc) is 3.15. The van der Waals surface area contributed by atoms with Crippen LogP contribution in [0.4, 0.5) is 5.82 Å². The van der Waals surface area contributed by atoms with E-state index >= 15 is 0 Å². The highest BCUT2D eigenvalue weighted by molar-refractivity contribution is 5.76. The third kappa shape index (κ3) is 2.63. The average molecular weight is 346 g/mol. The Bertz CT molecular complexity index is 1030. The van der Waals surface area contributed by atoms with Crippen molar-refractivity contribution >= 4 is 5.82 Å². The summed E-state index contributed by atoms with van der Waals surface area (Å²) in [6.45, 7) is 0.174. The molecule has 1 aromatic heterocycles. The van der Waals surface area contributed by atoms with Crippen LogP contribution in [0.3, 0.4) is 0 Å². The van der Waals surface area contributed by atoms with Gasteiger partial charge in [0.1, 0.15) is 23.2 Å². The molecule has 7 nitrogen and oxygen atoms in total. The van der Waals surface area contributed by atoms with E-state index in [0.29, 0.717) is 28.6 Å². The Labute approximate surface area is 149 Å². The van der Waals surface area contributed by atoms with Gasteiger partial charge in [-0.15, -0.1) is 0 Å². The fraction of sp³-hybridized carbons (Fsp3) is 0.105. The molecule has 4 rings (SSSR count). The number of anilines is 1. The molecule has 3 aromatic rings. The van der Waals surface area contributed by atoms with Crippen LogP contribution < -0.4 is 19.9 Å². The van der Waals surface area contributed by atoms with Crippen molar-refractivity contribution in [3.8, 4) is 46.0 Å². The third-order valence-corrected chi connectivity index (χ3v) is 4.04. The highest BCUT2D eigenvalue weighted by Crippen LogP contribution is 2.37. The summed E-state index contributed by atoms with van der Waals surface area (Å²) >= 11 is 0. The molecule has 0 amide bonds. The Balaban J connectivity index is 1.85. The van der Waals surface area contributed by atoms with Crippen molar-refractivity contribution in [3.63, 3.8) is 0 Å². The predicted octanol–water partition coefficient (Wildman–Crippen LogP) is 3.00. The molecule has 0 radical (unpaired) electrons. The molecule has 2 heterocycles. The third-order valence-electron chi connectivity index (χ3n) is 4.04. The first-order valence-electron chi connectivity index (χ1n) is 7.81. The largest absolute Gasteiger partial charge is 0.497 e. The number of benzene rings is 2. The minimum absolute atomic E-state index is 0.126. The first-order valence-corrected chi connectivity index (χ1v) is 7.81. The predicted molar refractivity (Wildman–Crippen MR) is 94.7 cm³/mol. The van der Waals surface area contributed by atoms with E-state index in [1.165, 1.54) is 0 Å². The van der Waals surface area contributed by atoms with Crippen LogP contribution in [0.5, 0.6) is 17.2 Å². The number of aromatic nitrogens is 2. The van der Waals surface area contributed by atoms with Crippen molar-refractivity contribution < 1.29 is 14.2 Å². The van der Waals surface area contributed by atoms with Gasteiger partial charge in [0, 0.05) is 11.1 Å². The van der Waals surface area contributed by atoms with Crippen LogP contribution in [-0.2, 0) is 0 Å². The van der Waals surface area contributed by atoms with Gasteiger partial charge in [-0.2, -0.15) is 5.26 Å². The highest BCUT2D eigenvalue weighted by atomic mass is 16.7. The zero-order valence-electron chi connectivity index (χ0n) is 13.9.